The summed E-state index contributed by atoms with van der Waals surface area (Å²) < 4.78 is 59.3. The van der Waals surface area contributed by atoms with Crippen LogP contribution >= 0.6 is 0 Å². The fraction of sp³-hybridized carbons (Fsp3) is 0.702. The van der Waals surface area contributed by atoms with Crippen LogP contribution in [0.3, 0.4) is 0 Å². The minimum atomic E-state index is -5.07. The summed E-state index contributed by atoms with van der Waals surface area (Å²) in [4.78, 5) is 12.9. The van der Waals surface area contributed by atoms with Crippen LogP contribution in [0.5, 0.6) is 0 Å². The van der Waals surface area contributed by atoms with Gasteiger partial charge in [0.15, 0.2) is 6.29 Å². The molecule has 0 aromatic rings. The largest absolute Gasteiger partial charge is 0.457 e. The van der Waals surface area contributed by atoms with E-state index in [-0.39, 0.29) is 19.6 Å². The zero-order valence-corrected chi connectivity index (χ0v) is 44.1. The van der Waals surface area contributed by atoms with Crippen LogP contribution in [-0.2, 0) is 38.3 Å². The minimum absolute atomic E-state index is 0.0211. The Morgan fingerprint density at radius 3 is 1.37 bits per heavy atom. The smallest absolute Gasteiger partial charge is 0.397 e. The zero-order valence-electron chi connectivity index (χ0n) is 43.3. The Bertz CT molecular complexity index is 1580. The summed E-state index contributed by atoms with van der Waals surface area (Å²) in [5, 5.41) is 30.8. The van der Waals surface area contributed by atoms with Crippen molar-refractivity contribution in [3.63, 3.8) is 0 Å². The molecule has 70 heavy (non-hydrogen) atoms. The van der Waals surface area contributed by atoms with E-state index < -0.39 is 59.8 Å². The molecular weight excluding hydrogens is 909 g/mol. The normalized spacial score (nSPS) is 19.9. The Morgan fingerprint density at radius 2 is 0.943 bits per heavy atom. The standard InChI is InChI=1S/C57H96O12S/c1-3-5-7-9-11-13-15-17-19-21-23-25-26-27-28-30-32-34-36-38-40-42-44-46-53(59)67-51(50-66-57-55(61)56(69-70(62,63)64)54(60)52(48-58)68-57)49-65-47-45-43-41-39-37-35-33-31-29-24-22-20-18-16-14-12-10-8-6-4-2/h5-8,11-14,17-20,23-25,29,51-52,54-58,60-61H,3-4,9-10,15-16,21-22,26-28,30-50H2,1-2H3,(H,62,63,64)/b7-5-,8-6-,13-11-,14-12-,19-17-,20-18-,25-23-,29-24-. The summed E-state index contributed by atoms with van der Waals surface area (Å²) in [5.41, 5.74) is 0. The van der Waals surface area contributed by atoms with Crippen LogP contribution < -0.4 is 0 Å². The molecule has 0 amide bonds. The van der Waals surface area contributed by atoms with E-state index in [2.05, 4.69) is 115 Å². The van der Waals surface area contributed by atoms with E-state index in [1.807, 2.05) is 0 Å². The molecule has 1 aliphatic rings. The number of rotatable bonds is 46. The first-order valence-electron chi connectivity index (χ1n) is 27.0. The van der Waals surface area contributed by atoms with Crippen LogP contribution in [0.25, 0.3) is 0 Å². The molecule has 0 spiro atoms. The summed E-state index contributed by atoms with van der Waals surface area (Å²) in [7, 11) is -5.07. The van der Waals surface area contributed by atoms with E-state index in [4.69, 9.17) is 18.9 Å². The molecule has 6 unspecified atom stereocenters. The predicted molar refractivity (Wildman–Crippen MR) is 285 cm³/mol. The number of carbonyl (C=O) groups excluding carboxylic acids is 1. The molecule has 13 heteroatoms. The molecule has 1 heterocycles. The van der Waals surface area contributed by atoms with Crippen molar-refractivity contribution in [1.29, 1.82) is 0 Å². The first kappa shape index (κ1) is 65.0. The quantitative estimate of drug-likeness (QED) is 0.0197. The summed E-state index contributed by atoms with van der Waals surface area (Å²) in [6, 6.07) is 0. The van der Waals surface area contributed by atoms with Crippen molar-refractivity contribution < 1.29 is 56.2 Å². The van der Waals surface area contributed by atoms with Crippen molar-refractivity contribution >= 4 is 16.4 Å². The van der Waals surface area contributed by atoms with Gasteiger partial charge in [-0.05, 0) is 89.9 Å². The highest BCUT2D eigenvalue weighted by Gasteiger charge is 2.48. The van der Waals surface area contributed by atoms with Crippen molar-refractivity contribution in [2.24, 2.45) is 0 Å². The molecular formula is C57H96O12S. The lowest BCUT2D eigenvalue weighted by molar-refractivity contribution is -0.301. The summed E-state index contributed by atoms with van der Waals surface area (Å²) >= 11 is 0. The van der Waals surface area contributed by atoms with Gasteiger partial charge < -0.3 is 34.3 Å². The third-order valence-electron chi connectivity index (χ3n) is 11.7. The van der Waals surface area contributed by atoms with Crippen LogP contribution in [-0.4, -0.2) is 97.5 Å². The van der Waals surface area contributed by atoms with Gasteiger partial charge in [0.1, 0.15) is 30.5 Å². The van der Waals surface area contributed by atoms with Crippen molar-refractivity contribution in [2.45, 2.75) is 230 Å². The van der Waals surface area contributed by atoms with Crippen molar-refractivity contribution in [1.82, 2.24) is 0 Å². The van der Waals surface area contributed by atoms with Gasteiger partial charge in [0.05, 0.1) is 19.8 Å². The Morgan fingerprint density at radius 1 is 0.543 bits per heavy atom. The maximum atomic E-state index is 12.9. The highest BCUT2D eigenvalue weighted by molar-refractivity contribution is 7.80. The summed E-state index contributed by atoms with van der Waals surface area (Å²) in [6.45, 7) is 3.74. The average Bonchev–Trinajstić information content (AvgIpc) is 3.34. The van der Waals surface area contributed by atoms with Crippen molar-refractivity contribution in [2.75, 3.05) is 26.4 Å². The van der Waals surface area contributed by atoms with Crippen LogP contribution in [0, 0.1) is 0 Å². The topological polar surface area (TPSA) is 178 Å². The average molecular weight is 1010 g/mol. The zero-order chi connectivity index (χ0) is 51.0. The highest BCUT2D eigenvalue weighted by atomic mass is 32.3. The Labute approximate surface area is 425 Å². The van der Waals surface area contributed by atoms with Crippen LogP contribution in [0.1, 0.15) is 194 Å². The highest BCUT2D eigenvalue weighted by Crippen LogP contribution is 2.26. The van der Waals surface area contributed by atoms with Crippen LogP contribution in [0.4, 0.5) is 0 Å². The SMILES string of the molecule is CC/C=C\C/C=C\C/C=C\C/C=C\CCCCCCCCCCCCC(=O)OC(COCCCCCCCCC/C=C\C/C=C\C/C=C\C/C=C\CC)COC1OC(CO)C(O)C(OS(=O)(=O)O)C1O. The summed E-state index contributed by atoms with van der Waals surface area (Å²) in [5.74, 6) is -0.411. The molecule has 402 valence electrons. The van der Waals surface area contributed by atoms with E-state index in [9.17, 15) is 33.1 Å². The molecule has 0 aromatic carbocycles. The van der Waals surface area contributed by atoms with E-state index in [1.54, 1.807) is 0 Å². The van der Waals surface area contributed by atoms with Gasteiger partial charge >= 0.3 is 16.4 Å². The molecule has 0 bridgehead atoms. The number of aliphatic hydroxyl groups is 3. The van der Waals surface area contributed by atoms with Gasteiger partial charge in [0.25, 0.3) is 0 Å². The molecule has 0 saturated carbocycles. The molecule has 12 nitrogen and oxygen atoms in total. The second-order valence-electron chi connectivity index (χ2n) is 18.1. The molecule has 1 aliphatic heterocycles. The molecule has 0 aromatic heterocycles. The fourth-order valence-corrected chi connectivity index (χ4v) is 8.22. The fourth-order valence-electron chi connectivity index (χ4n) is 7.71. The molecule has 1 rings (SSSR count). The Hall–Kier alpha value is -2.98. The Balaban J connectivity index is 2.35. The summed E-state index contributed by atoms with van der Waals surface area (Å²) in [6.07, 6.45) is 55.7. The predicted octanol–water partition coefficient (Wildman–Crippen LogP) is 13.0. The lowest BCUT2D eigenvalue weighted by Crippen LogP contribution is -2.60. The van der Waals surface area contributed by atoms with Crippen molar-refractivity contribution in [3.05, 3.63) is 97.2 Å². The third kappa shape index (κ3) is 39.6. The molecule has 0 aliphatic carbocycles. The lowest BCUT2D eigenvalue weighted by atomic mass is 9.99. The number of aliphatic hydroxyl groups excluding tert-OH is 3. The van der Waals surface area contributed by atoms with E-state index in [0.29, 0.717) is 13.0 Å². The monoisotopic (exact) mass is 1000 g/mol. The second-order valence-corrected chi connectivity index (χ2v) is 19.1. The van der Waals surface area contributed by atoms with Gasteiger partial charge in [-0.15, -0.1) is 0 Å². The van der Waals surface area contributed by atoms with Gasteiger partial charge in [-0.1, -0.05) is 195 Å². The van der Waals surface area contributed by atoms with Gasteiger partial charge in [-0.2, -0.15) is 8.42 Å². The van der Waals surface area contributed by atoms with Gasteiger partial charge in [-0.25, -0.2) is 4.18 Å². The van der Waals surface area contributed by atoms with Gasteiger partial charge in [0.2, 0.25) is 0 Å². The maximum Gasteiger partial charge on any atom is 0.397 e. The van der Waals surface area contributed by atoms with E-state index >= 15 is 0 Å². The number of hydrogen-bond acceptors (Lipinski definition) is 11. The number of hydrogen-bond donors (Lipinski definition) is 4. The number of carbonyl (C=O) groups is 1. The number of esters is 1. The molecule has 4 N–H and O–H groups in total. The third-order valence-corrected chi connectivity index (χ3v) is 12.2. The van der Waals surface area contributed by atoms with Gasteiger partial charge in [0, 0.05) is 13.0 Å². The maximum absolute atomic E-state index is 12.9. The molecule has 6 atom stereocenters. The first-order valence-corrected chi connectivity index (χ1v) is 28.4. The number of unbranched alkanes of at least 4 members (excludes halogenated alkanes) is 17. The first-order chi connectivity index (χ1) is 34.1. The molecule has 0 radical (unpaired) electrons. The van der Waals surface area contributed by atoms with Gasteiger partial charge in [-0.3, -0.25) is 9.35 Å². The number of allylic oxidation sites excluding steroid dienone is 16. The van der Waals surface area contributed by atoms with Crippen LogP contribution in [0.2, 0.25) is 0 Å². The van der Waals surface area contributed by atoms with E-state index in [1.165, 1.54) is 57.8 Å². The number of ether oxygens (including phenoxy) is 4. The second kappa shape index (κ2) is 47.1. The Kier molecular flexibility index (Phi) is 43.7. The molecule has 1 saturated heterocycles. The van der Waals surface area contributed by atoms with Crippen LogP contribution in [0.15, 0.2) is 97.2 Å². The lowest BCUT2D eigenvalue weighted by Gasteiger charge is -2.41. The van der Waals surface area contributed by atoms with Crippen molar-refractivity contribution in [3.8, 4) is 0 Å². The minimum Gasteiger partial charge on any atom is -0.457 e. The van der Waals surface area contributed by atoms with E-state index in [0.717, 1.165) is 109 Å². The molecule has 1 fully saturated rings.